The van der Waals surface area contributed by atoms with Gasteiger partial charge in [0.1, 0.15) is 11.8 Å². The van der Waals surface area contributed by atoms with Gasteiger partial charge in [0, 0.05) is 17.5 Å². The molecule has 3 rings (SSSR count). The van der Waals surface area contributed by atoms with Gasteiger partial charge in [0.15, 0.2) is 5.12 Å². The molecule has 1 aliphatic heterocycles. The number of ether oxygens (including phenoxy) is 1. The summed E-state index contributed by atoms with van der Waals surface area (Å²) in [6, 6.07) is 12.3. The summed E-state index contributed by atoms with van der Waals surface area (Å²) in [5.74, 6) is -1.45. The lowest BCUT2D eigenvalue weighted by atomic mass is 10.0. The molecule has 10 heteroatoms. The molecule has 1 aliphatic rings. The average molecular weight is 533 g/mol. The van der Waals surface area contributed by atoms with E-state index in [9.17, 15) is 24.3 Å². The summed E-state index contributed by atoms with van der Waals surface area (Å²) in [5, 5.41) is 12.6. The Morgan fingerprint density at radius 1 is 1.14 bits per heavy atom. The lowest BCUT2D eigenvalue weighted by Gasteiger charge is -2.30. The first-order valence-corrected chi connectivity index (χ1v) is 12.9. The molecule has 3 atom stereocenters. The van der Waals surface area contributed by atoms with Crippen LogP contribution in [0, 0.1) is 0 Å². The summed E-state index contributed by atoms with van der Waals surface area (Å²) in [6.07, 6.45) is 1.11. The Kier molecular flexibility index (Phi) is 9.78. The fraction of sp³-hybridized carbons (Fsp3) is 0.385. The maximum Gasteiger partial charge on any atom is 0.328 e. The first-order valence-electron chi connectivity index (χ1n) is 11.7. The maximum absolute atomic E-state index is 13.3. The van der Waals surface area contributed by atoms with Crippen LogP contribution in [0.1, 0.15) is 43.9 Å². The molecule has 0 spiro atoms. The number of hydrogen-bond acceptors (Lipinski definition) is 7. The number of aromatic hydroxyl groups is 1. The molecule has 0 aliphatic carbocycles. The van der Waals surface area contributed by atoms with Crippen molar-refractivity contribution in [1.29, 1.82) is 0 Å². The van der Waals surface area contributed by atoms with Crippen LogP contribution >= 0.6 is 23.4 Å². The van der Waals surface area contributed by atoms with Gasteiger partial charge in [-0.3, -0.25) is 14.4 Å². The van der Waals surface area contributed by atoms with E-state index in [4.69, 9.17) is 16.3 Å². The van der Waals surface area contributed by atoms with E-state index in [0.717, 1.165) is 17.3 Å². The summed E-state index contributed by atoms with van der Waals surface area (Å²) >= 11 is 6.82. The molecule has 1 fully saturated rings. The number of phenolic OH excluding ortho intramolecular Hbond substituents is 1. The van der Waals surface area contributed by atoms with Crippen molar-refractivity contribution < 1.29 is 29.0 Å². The van der Waals surface area contributed by atoms with Crippen molar-refractivity contribution >= 4 is 46.3 Å². The van der Waals surface area contributed by atoms with E-state index in [0.29, 0.717) is 23.4 Å². The van der Waals surface area contributed by atoms with Crippen LogP contribution in [-0.4, -0.2) is 57.3 Å². The van der Waals surface area contributed by atoms with Crippen LogP contribution < -0.4 is 5.32 Å². The minimum absolute atomic E-state index is 0.0229. The molecular weight excluding hydrogens is 504 g/mol. The van der Waals surface area contributed by atoms with Crippen molar-refractivity contribution in [3.05, 3.63) is 64.7 Å². The van der Waals surface area contributed by atoms with Gasteiger partial charge >= 0.3 is 5.97 Å². The minimum atomic E-state index is -0.824. The number of nitrogens with zero attached hydrogens (tertiary/aromatic N) is 1. The molecule has 2 aromatic rings. The Morgan fingerprint density at radius 3 is 2.47 bits per heavy atom. The van der Waals surface area contributed by atoms with Crippen molar-refractivity contribution in [1.82, 2.24) is 10.2 Å². The first kappa shape index (κ1) is 27.5. The first-order chi connectivity index (χ1) is 17.2. The number of nitrogens with one attached hydrogen (secondary N) is 1. The fourth-order valence-electron chi connectivity index (χ4n) is 4.29. The summed E-state index contributed by atoms with van der Waals surface area (Å²) in [6.45, 7) is 2.87. The van der Waals surface area contributed by atoms with Crippen molar-refractivity contribution in [3.8, 4) is 5.75 Å². The van der Waals surface area contributed by atoms with Gasteiger partial charge in [-0.05, 0) is 49.9 Å². The van der Waals surface area contributed by atoms with Crippen LogP contribution in [0.4, 0.5) is 0 Å². The number of hydrogen-bond donors (Lipinski definition) is 2. The molecule has 0 aromatic heterocycles. The molecular formula is C26H29ClN2O6S. The quantitative estimate of drug-likeness (QED) is 0.474. The van der Waals surface area contributed by atoms with Crippen LogP contribution in [0.3, 0.4) is 0 Å². The number of halogens is 1. The molecule has 0 bridgehead atoms. The predicted molar refractivity (Wildman–Crippen MR) is 138 cm³/mol. The number of carbonyl (C=O) groups is 4. The molecule has 1 heterocycles. The monoisotopic (exact) mass is 532 g/mol. The minimum Gasteiger partial charge on any atom is -0.508 e. The van der Waals surface area contributed by atoms with Gasteiger partial charge in [0.2, 0.25) is 11.8 Å². The molecule has 0 radical (unpaired) electrons. The third-order valence-corrected chi connectivity index (χ3v) is 7.13. The molecule has 2 N–H and O–H groups in total. The lowest BCUT2D eigenvalue weighted by Crippen LogP contribution is -2.48. The highest BCUT2D eigenvalue weighted by molar-refractivity contribution is 8.14. The van der Waals surface area contributed by atoms with Crippen LogP contribution in [0.2, 0.25) is 5.02 Å². The van der Waals surface area contributed by atoms with Gasteiger partial charge in [0.05, 0.1) is 24.4 Å². The van der Waals surface area contributed by atoms with E-state index in [1.54, 1.807) is 49.4 Å². The van der Waals surface area contributed by atoms with Crippen LogP contribution in [-0.2, 0) is 30.3 Å². The number of likely N-dealkylation sites (tertiary alicyclic amines) is 1. The van der Waals surface area contributed by atoms with Gasteiger partial charge < -0.3 is 20.1 Å². The Hall–Kier alpha value is -3.04. The summed E-state index contributed by atoms with van der Waals surface area (Å²) in [4.78, 5) is 52.1. The van der Waals surface area contributed by atoms with E-state index in [1.165, 1.54) is 17.9 Å². The van der Waals surface area contributed by atoms with Crippen molar-refractivity contribution in [2.24, 2.45) is 0 Å². The SMILES string of the molecule is CCOC(=O)[C@@H]1CC[C@H](c2ccccc2O)N1C(=O)CNC(=O)[C@H](Cc1ccc(Cl)cc1)SC(C)=O. The normalized spacial score (nSPS) is 17.9. The highest BCUT2D eigenvalue weighted by atomic mass is 35.5. The highest BCUT2D eigenvalue weighted by Crippen LogP contribution is 2.40. The molecule has 1 saturated heterocycles. The van der Waals surface area contributed by atoms with Crippen LogP contribution in [0.15, 0.2) is 48.5 Å². The Morgan fingerprint density at radius 2 is 1.83 bits per heavy atom. The summed E-state index contributed by atoms with van der Waals surface area (Å²) in [7, 11) is 0. The number of esters is 1. The number of carbonyl (C=O) groups excluding carboxylic acids is 4. The number of thioether (sulfide) groups is 1. The standard InChI is InChI=1S/C26H29ClN2O6S/c1-3-35-26(34)21-13-12-20(19-6-4-5-7-22(19)31)29(21)24(32)15-28-25(33)23(36-16(2)30)14-17-8-10-18(27)11-9-17/h4-11,20-21,23,31H,3,12-15H2,1-2H3,(H,28,33)/t20-,21+,23+/m1/s1. The number of phenols is 1. The average Bonchev–Trinajstić information content (AvgIpc) is 3.28. The maximum atomic E-state index is 13.3. The van der Waals surface area contributed by atoms with Gasteiger partial charge in [-0.25, -0.2) is 4.79 Å². The van der Waals surface area contributed by atoms with Crippen LogP contribution in [0.5, 0.6) is 5.75 Å². The number of amides is 2. The van der Waals surface area contributed by atoms with Crippen molar-refractivity contribution in [3.63, 3.8) is 0 Å². The van der Waals surface area contributed by atoms with Crippen molar-refractivity contribution in [2.75, 3.05) is 13.2 Å². The number of benzene rings is 2. The van der Waals surface area contributed by atoms with Crippen molar-refractivity contribution in [2.45, 2.75) is 50.4 Å². The zero-order chi connectivity index (χ0) is 26.2. The largest absolute Gasteiger partial charge is 0.508 e. The zero-order valence-electron chi connectivity index (χ0n) is 20.1. The Bertz CT molecular complexity index is 1110. The van der Waals surface area contributed by atoms with E-state index in [-0.39, 0.29) is 30.4 Å². The third-order valence-electron chi connectivity index (χ3n) is 5.88. The molecule has 2 aromatic carbocycles. The van der Waals surface area contributed by atoms with Gasteiger partial charge in [-0.15, -0.1) is 0 Å². The number of rotatable bonds is 9. The molecule has 36 heavy (non-hydrogen) atoms. The van der Waals surface area contributed by atoms with Gasteiger partial charge in [-0.1, -0.05) is 53.7 Å². The predicted octanol–water partition coefficient (Wildman–Crippen LogP) is 3.65. The molecule has 8 nitrogen and oxygen atoms in total. The van der Waals surface area contributed by atoms with Gasteiger partial charge in [0.25, 0.3) is 0 Å². The molecule has 2 amide bonds. The van der Waals surface area contributed by atoms with E-state index >= 15 is 0 Å². The van der Waals surface area contributed by atoms with Gasteiger partial charge in [-0.2, -0.15) is 0 Å². The zero-order valence-corrected chi connectivity index (χ0v) is 21.7. The van der Waals surface area contributed by atoms with Crippen LogP contribution in [0.25, 0.3) is 0 Å². The highest BCUT2D eigenvalue weighted by Gasteiger charge is 2.43. The van der Waals surface area contributed by atoms with E-state index in [1.807, 2.05) is 0 Å². The molecule has 192 valence electrons. The molecule has 0 unspecified atom stereocenters. The van der Waals surface area contributed by atoms with E-state index < -0.39 is 35.1 Å². The fourth-order valence-corrected chi connectivity index (χ4v) is 5.29. The second-order valence-corrected chi connectivity index (χ2v) is 10.2. The second-order valence-electron chi connectivity index (χ2n) is 8.37. The summed E-state index contributed by atoms with van der Waals surface area (Å²) in [5.41, 5.74) is 1.35. The van der Waals surface area contributed by atoms with E-state index in [2.05, 4.69) is 5.32 Å². The topological polar surface area (TPSA) is 113 Å². The number of para-hydroxylation sites is 1. The molecule has 0 saturated carbocycles. The second kappa shape index (κ2) is 12.8. The Labute approximate surface area is 219 Å². The summed E-state index contributed by atoms with van der Waals surface area (Å²) < 4.78 is 5.17. The Balaban J connectivity index is 1.75. The lowest BCUT2D eigenvalue weighted by molar-refractivity contribution is -0.154. The smallest absolute Gasteiger partial charge is 0.328 e. The third kappa shape index (κ3) is 7.01.